The number of carboxylic acid groups (broad SMARTS) is 1. The summed E-state index contributed by atoms with van der Waals surface area (Å²) in [6.45, 7) is 10.5. The van der Waals surface area contributed by atoms with E-state index in [1.165, 1.54) is 23.6 Å². The van der Waals surface area contributed by atoms with E-state index in [0.717, 1.165) is 18.4 Å². The Kier molecular flexibility index (Phi) is 6.80. The van der Waals surface area contributed by atoms with E-state index in [-0.39, 0.29) is 16.8 Å². The first-order chi connectivity index (χ1) is 12.7. The van der Waals surface area contributed by atoms with Crippen molar-refractivity contribution in [3.05, 3.63) is 63.8 Å². The van der Waals surface area contributed by atoms with Gasteiger partial charge in [-0.1, -0.05) is 51.5 Å². The second-order valence-electron chi connectivity index (χ2n) is 7.99. The molecule has 2 nitrogen and oxygen atoms in total. The summed E-state index contributed by atoms with van der Waals surface area (Å²) >= 11 is 0. The van der Waals surface area contributed by atoms with Gasteiger partial charge >= 0.3 is 5.97 Å². The van der Waals surface area contributed by atoms with Crippen molar-refractivity contribution in [1.82, 2.24) is 0 Å². The van der Waals surface area contributed by atoms with Gasteiger partial charge in [0.2, 0.25) is 0 Å². The van der Waals surface area contributed by atoms with Crippen molar-refractivity contribution in [2.75, 3.05) is 0 Å². The van der Waals surface area contributed by atoms with Crippen LogP contribution < -0.4 is 0 Å². The maximum atomic E-state index is 15.3. The lowest BCUT2D eigenvalue weighted by Crippen LogP contribution is -2.19. The van der Waals surface area contributed by atoms with Gasteiger partial charge < -0.3 is 5.11 Å². The fourth-order valence-electron chi connectivity index (χ4n) is 3.95. The minimum absolute atomic E-state index is 0.117. The molecule has 0 amide bonds. The highest BCUT2D eigenvalue weighted by atomic mass is 19.1. The Morgan fingerprint density at radius 1 is 1.30 bits per heavy atom. The summed E-state index contributed by atoms with van der Waals surface area (Å²) in [6, 6.07) is 4.64. The Morgan fingerprint density at radius 2 is 2.00 bits per heavy atom. The normalized spacial score (nSPS) is 18.0. The fraction of sp³-hybridized carbons (Fsp3) is 0.458. The number of benzene rings is 1. The molecule has 0 fully saturated rings. The number of halogens is 1. The maximum absolute atomic E-state index is 15.3. The number of carboxylic acids is 1. The zero-order valence-corrected chi connectivity index (χ0v) is 17.2. The van der Waals surface area contributed by atoms with Crippen LogP contribution >= 0.6 is 0 Å². The summed E-state index contributed by atoms with van der Waals surface area (Å²) in [5.74, 6) is -1.24. The molecule has 3 heteroatoms. The molecule has 146 valence electrons. The van der Waals surface area contributed by atoms with Gasteiger partial charge in [-0.2, -0.15) is 0 Å². The van der Waals surface area contributed by atoms with Crippen molar-refractivity contribution in [2.45, 2.75) is 66.7 Å². The molecule has 0 spiro atoms. The first-order valence-electron chi connectivity index (χ1n) is 9.84. The first-order valence-corrected chi connectivity index (χ1v) is 9.84. The van der Waals surface area contributed by atoms with Gasteiger partial charge in [0.1, 0.15) is 5.83 Å². The molecule has 2 rings (SSSR count). The predicted molar refractivity (Wildman–Crippen MR) is 111 cm³/mol. The van der Waals surface area contributed by atoms with Crippen LogP contribution in [0.4, 0.5) is 4.39 Å². The van der Waals surface area contributed by atoms with E-state index >= 15 is 4.39 Å². The van der Waals surface area contributed by atoms with Crippen molar-refractivity contribution in [3.63, 3.8) is 0 Å². The molecular formula is C24H31FO2. The molecule has 0 aliphatic heterocycles. The molecule has 0 saturated heterocycles. The number of allylic oxidation sites excluding steroid dienone is 5. The summed E-state index contributed by atoms with van der Waals surface area (Å²) in [4.78, 5) is 11.2. The highest BCUT2D eigenvalue weighted by molar-refractivity contribution is 5.88. The zero-order chi connectivity index (χ0) is 20.2. The number of aryl methyl sites for hydroxylation is 1. The van der Waals surface area contributed by atoms with Gasteiger partial charge in [-0.15, -0.1) is 0 Å². The lowest BCUT2D eigenvalue weighted by Gasteiger charge is -2.33. The van der Waals surface area contributed by atoms with Gasteiger partial charge in [-0.05, 0) is 73.3 Å². The van der Waals surface area contributed by atoms with Crippen LogP contribution in [0, 0.1) is 5.41 Å². The molecule has 1 N–H and O–H groups in total. The van der Waals surface area contributed by atoms with Crippen molar-refractivity contribution >= 4 is 11.8 Å². The molecule has 27 heavy (non-hydrogen) atoms. The summed E-state index contributed by atoms with van der Waals surface area (Å²) in [6.07, 6.45) is 8.62. The molecule has 0 aromatic heterocycles. The maximum Gasteiger partial charge on any atom is 0.335 e. The summed E-state index contributed by atoms with van der Waals surface area (Å²) < 4.78 is 15.3. The summed E-state index contributed by atoms with van der Waals surface area (Å²) in [7, 11) is 0. The second-order valence-corrected chi connectivity index (χ2v) is 7.99. The third-order valence-electron chi connectivity index (χ3n) is 5.63. The average molecular weight is 371 g/mol. The van der Waals surface area contributed by atoms with Crippen LogP contribution in [0.3, 0.4) is 0 Å². The zero-order valence-electron chi connectivity index (χ0n) is 17.2. The number of aromatic carboxylic acids is 1. The topological polar surface area (TPSA) is 37.3 Å². The van der Waals surface area contributed by atoms with Gasteiger partial charge in [0, 0.05) is 5.56 Å². The van der Waals surface area contributed by atoms with Crippen molar-refractivity contribution < 1.29 is 14.3 Å². The lowest BCUT2D eigenvalue weighted by molar-refractivity contribution is 0.0696. The molecule has 0 unspecified atom stereocenters. The Bertz CT molecular complexity index is 810. The van der Waals surface area contributed by atoms with Crippen LogP contribution in [0.25, 0.3) is 5.83 Å². The fourth-order valence-corrected chi connectivity index (χ4v) is 3.95. The second kappa shape index (κ2) is 8.69. The van der Waals surface area contributed by atoms with E-state index in [9.17, 15) is 4.79 Å². The molecule has 1 aliphatic rings. The van der Waals surface area contributed by atoms with Gasteiger partial charge in [0.15, 0.2) is 0 Å². The third kappa shape index (κ3) is 4.77. The first kappa shape index (κ1) is 21.1. The van der Waals surface area contributed by atoms with Crippen molar-refractivity contribution in [1.29, 1.82) is 0 Å². The van der Waals surface area contributed by atoms with Crippen LogP contribution in [0.15, 0.2) is 47.1 Å². The van der Waals surface area contributed by atoms with E-state index in [1.807, 2.05) is 19.9 Å². The SMILES string of the molecule is CCC(/C=C/C1=C(C)CCCC1(C)C)=C(/F)c1ccc(C(=O)O)cc1CC. The van der Waals surface area contributed by atoms with Crippen LogP contribution in [-0.2, 0) is 6.42 Å². The molecule has 0 heterocycles. The minimum atomic E-state index is -0.988. The summed E-state index contributed by atoms with van der Waals surface area (Å²) in [5.41, 5.74) is 4.88. The van der Waals surface area contributed by atoms with Gasteiger partial charge in [0.25, 0.3) is 0 Å². The molecule has 1 aromatic rings. The highest BCUT2D eigenvalue weighted by Gasteiger charge is 2.26. The van der Waals surface area contributed by atoms with Gasteiger partial charge in [0.05, 0.1) is 5.56 Å². The standard InChI is InChI=1S/C24H31FO2/c1-6-17(11-13-21-16(3)9-8-14-24(21,4)5)22(25)20-12-10-19(23(26)27)15-18(20)7-2/h10-13,15H,6-9,14H2,1-5H3,(H,26,27)/b13-11+,22-17-. The average Bonchev–Trinajstić information content (AvgIpc) is 2.62. The summed E-state index contributed by atoms with van der Waals surface area (Å²) in [5, 5.41) is 9.17. The number of hydrogen-bond acceptors (Lipinski definition) is 1. The third-order valence-corrected chi connectivity index (χ3v) is 5.63. The molecule has 0 bridgehead atoms. The number of hydrogen-bond donors (Lipinski definition) is 1. The minimum Gasteiger partial charge on any atom is -0.478 e. The van der Waals surface area contributed by atoms with E-state index in [2.05, 4.69) is 26.8 Å². The van der Waals surface area contributed by atoms with E-state index in [0.29, 0.717) is 24.0 Å². The van der Waals surface area contributed by atoms with E-state index in [4.69, 9.17) is 5.11 Å². The quantitative estimate of drug-likeness (QED) is 0.541. The Labute approximate surface area is 162 Å². The van der Waals surface area contributed by atoms with Crippen LogP contribution in [-0.4, -0.2) is 11.1 Å². The van der Waals surface area contributed by atoms with Gasteiger partial charge in [-0.25, -0.2) is 9.18 Å². The molecule has 0 radical (unpaired) electrons. The van der Waals surface area contributed by atoms with Crippen LogP contribution in [0.1, 0.15) is 81.8 Å². The Morgan fingerprint density at radius 3 is 2.56 bits per heavy atom. The number of carbonyl (C=O) groups is 1. The molecule has 0 atom stereocenters. The largest absolute Gasteiger partial charge is 0.478 e. The number of rotatable bonds is 6. The van der Waals surface area contributed by atoms with E-state index < -0.39 is 5.97 Å². The Hall–Kier alpha value is -2.16. The van der Waals surface area contributed by atoms with Crippen LogP contribution in [0.2, 0.25) is 0 Å². The smallest absolute Gasteiger partial charge is 0.335 e. The molecule has 0 saturated carbocycles. The monoisotopic (exact) mass is 370 g/mol. The van der Waals surface area contributed by atoms with Crippen LogP contribution in [0.5, 0.6) is 0 Å². The van der Waals surface area contributed by atoms with E-state index in [1.54, 1.807) is 12.1 Å². The van der Waals surface area contributed by atoms with Crippen molar-refractivity contribution in [3.8, 4) is 0 Å². The highest BCUT2D eigenvalue weighted by Crippen LogP contribution is 2.41. The van der Waals surface area contributed by atoms with Crippen molar-refractivity contribution in [2.24, 2.45) is 5.41 Å². The predicted octanol–water partition coefficient (Wildman–Crippen LogP) is 7.12. The molecule has 1 aliphatic carbocycles. The van der Waals surface area contributed by atoms with Gasteiger partial charge in [-0.3, -0.25) is 0 Å². The lowest BCUT2D eigenvalue weighted by atomic mass is 9.72. The molecule has 1 aromatic carbocycles. The molecular weight excluding hydrogens is 339 g/mol. The Balaban J connectivity index is 2.46.